The molecular weight excluding hydrogens is 380 g/mol. The van der Waals surface area contributed by atoms with Crippen LogP contribution in [0.15, 0.2) is 61.2 Å². The Labute approximate surface area is 172 Å². The van der Waals surface area contributed by atoms with E-state index >= 15 is 0 Å². The number of amides is 1. The molecule has 150 valence electrons. The van der Waals surface area contributed by atoms with Crippen molar-refractivity contribution in [1.82, 2.24) is 19.4 Å². The number of nitrogens with zero attached hydrogens (tertiary/aromatic N) is 3. The lowest BCUT2D eigenvalue weighted by Gasteiger charge is -2.27. The van der Waals surface area contributed by atoms with Crippen LogP contribution in [0.25, 0.3) is 16.6 Å². The Kier molecular flexibility index (Phi) is 4.35. The van der Waals surface area contributed by atoms with Crippen LogP contribution < -0.4 is 0 Å². The van der Waals surface area contributed by atoms with Gasteiger partial charge in [-0.15, -0.1) is 0 Å². The molecule has 1 amide bonds. The van der Waals surface area contributed by atoms with Gasteiger partial charge >= 0.3 is 5.97 Å². The Morgan fingerprint density at radius 2 is 2.03 bits per heavy atom. The number of carbonyl (C=O) groups excluding carboxylic acids is 2. The van der Waals surface area contributed by atoms with Gasteiger partial charge in [0.05, 0.1) is 19.0 Å². The normalized spacial score (nSPS) is 13.3. The van der Waals surface area contributed by atoms with Crippen LogP contribution in [0.4, 0.5) is 0 Å². The van der Waals surface area contributed by atoms with Crippen molar-refractivity contribution in [1.29, 1.82) is 0 Å². The molecule has 0 atom stereocenters. The summed E-state index contributed by atoms with van der Waals surface area (Å²) in [5.74, 6) is -0.381. The average molecular weight is 400 g/mol. The monoisotopic (exact) mass is 400 g/mol. The van der Waals surface area contributed by atoms with E-state index in [9.17, 15) is 9.59 Å². The maximum absolute atomic E-state index is 13.2. The van der Waals surface area contributed by atoms with Crippen LogP contribution in [-0.4, -0.2) is 45.0 Å². The largest absolute Gasteiger partial charge is 0.465 e. The molecule has 0 saturated heterocycles. The van der Waals surface area contributed by atoms with Crippen molar-refractivity contribution in [3.8, 4) is 5.69 Å². The molecule has 1 aliphatic heterocycles. The molecule has 0 aliphatic carbocycles. The van der Waals surface area contributed by atoms with E-state index < -0.39 is 0 Å². The number of aromatic amines is 1. The van der Waals surface area contributed by atoms with E-state index in [1.807, 2.05) is 52.1 Å². The second-order valence-corrected chi connectivity index (χ2v) is 7.33. The van der Waals surface area contributed by atoms with Gasteiger partial charge < -0.3 is 19.2 Å². The molecule has 7 nitrogen and oxygen atoms in total. The van der Waals surface area contributed by atoms with E-state index in [-0.39, 0.29) is 11.9 Å². The Morgan fingerprint density at radius 3 is 2.83 bits per heavy atom. The maximum atomic E-state index is 13.2. The molecule has 5 rings (SSSR count). The van der Waals surface area contributed by atoms with Gasteiger partial charge in [0, 0.05) is 65.3 Å². The SMILES string of the molecule is COC(=O)c1ccc2[nH]c3c(c2c1)CN(C(=O)c1cccc(-n2ccnc2)c1)CC3. The topological polar surface area (TPSA) is 80.2 Å². The van der Waals surface area contributed by atoms with Crippen molar-refractivity contribution >= 4 is 22.8 Å². The number of rotatable bonds is 3. The van der Waals surface area contributed by atoms with E-state index in [4.69, 9.17) is 4.74 Å². The van der Waals surface area contributed by atoms with E-state index in [1.165, 1.54) is 7.11 Å². The van der Waals surface area contributed by atoms with Gasteiger partial charge in [-0.1, -0.05) is 6.07 Å². The number of methoxy groups -OCH3 is 1. The highest BCUT2D eigenvalue weighted by molar-refractivity contribution is 5.97. The quantitative estimate of drug-likeness (QED) is 0.535. The van der Waals surface area contributed by atoms with Crippen LogP contribution in [0, 0.1) is 0 Å². The fraction of sp³-hybridized carbons (Fsp3) is 0.174. The Balaban J connectivity index is 1.46. The molecule has 3 heterocycles. The van der Waals surface area contributed by atoms with Gasteiger partial charge in [0.2, 0.25) is 0 Å². The predicted octanol–water partition coefficient (Wildman–Crippen LogP) is 3.34. The number of esters is 1. The second-order valence-electron chi connectivity index (χ2n) is 7.33. The van der Waals surface area contributed by atoms with Crippen LogP contribution in [0.5, 0.6) is 0 Å². The lowest BCUT2D eigenvalue weighted by atomic mass is 10.0. The van der Waals surface area contributed by atoms with Crippen LogP contribution >= 0.6 is 0 Å². The number of hydrogen-bond acceptors (Lipinski definition) is 4. The van der Waals surface area contributed by atoms with Gasteiger partial charge in [-0.05, 0) is 36.4 Å². The zero-order valence-corrected chi connectivity index (χ0v) is 16.5. The first-order valence-corrected chi connectivity index (χ1v) is 9.73. The molecule has 0 bridgehead atoms. The zero-order valence-electron chi connectivity index (χ0n) is 16.5. The molecule has 0 spiro atoms. The number of nitrogens with one attached hydrogen (secondary N) is 1. The molecule has 0 fully saturated rings. The van der Waals surface area contributed by atoms with Crippen molar-refractivity contribution in [2.75, 3.05) is 13.7 Å². The molecule has 4 aromatic rings. The average Bonchev–Trinajstić information content (AvgIpc) is 3.45. The summed E-state index contributed by atoms with van der Waals surface area (Å²) >= 11 is 0. The minimum absolute atomic E-state index is 0.0129. The van der Waals surface area contributed by atoms with Crippen molar-refractivity contribution in [3.63, 3.8) is 0 Å². The second kappa shape index (κ2) is 7.18. The van der Waals surface area contributed by atoms with Crippen LogP contribution in [-0.2, 0) is 17.7 Å². The number of benzene rings is 2. The Bertz CT molecular complexity index is 1260. The fourth-order valence-corrected chi connectivity index (χ4v) is 4.03. The summed E-state index contributed by atoms with van der Waals surface area (Å²) in [7, 11) is 1.37. The smallest absolute Gasteiger partial charge is 0.337 e. The van der Waals surface area contributed by atoms with Crippen LogP contribution in [0.1, 0.15) is 32.0 Å². The first kappa shape index (κ1) is 18.2. The minimum atomic E-state index is -0.369. The number of H-pyrrole nitrogens is 1. The van der Waals surface area contributed by atoms with Gasteiger partial charge in [0.15, 0.2) is 0 Å². The molecule has 30 heavy (non-hydrogen) atoms. The number of carbonyl (C=O) groups is 2. The number of fused-ring (bicyclic) bond motifs is 3. The highest BCUT2D eigenvalue weighted by atomic mass is 16.5. The third-order valence-corrected chi connectivity index (χ3v) is 5.58. The Morgan fingerprint density at radius 1 is 1.13 bits per heavy atom. The third-order valence-electron chi connectivity index (χ3n) is 5.58. The standard InChI is InChI=1S/C23H20N4O3/c1-30-23(29)16-5-6-20-18(12-16)19-13-26(9-7-21(19)25-20)22(28)15-3-2-4-17(11-15)27-10-8-24-14-27/h2-6,8,10-12,14,25H,7,9,13H2,1H3. The van der Waals surface area contributed by atoms with Gasteiger partial charge in [-0.3, -0.25) is 4.79 Å². The number of hydrogen-bond donors (Lipinski definition) is 1. The molecule has 0 saturated carbocycles. The molecule has 0 radical (unpaired) electrons. The highest BCUT2D eigenvalue weighted by Gasteiger charge is 2.25. The first-order chi connectivity index (χ1) is 14.6. The van der Waals surface area contributed by atoms with Gasteiger partial charge in [0.25, 0.3) is 5.91 Å². The van der Waals surface area contributed by atoms with E-state index in [0.717, 1.165) is 34.3 Å². The zero-order chi connectivity index (χ0) is 20.7. The molecule has 1 N–H and O–H groups in total. The summed E-state index contributed by atoms with van der Waals surface area (Å²) in [5.41, 5.74) is 5.17. The van der Waals surface area contributed by atoms with Crippen molar-refractivity contribution < 1.29 is 14.3 Å². The van der Waals surface area contributed by atoms with Crippen molar-refractivity contribution in [3.05, 3.63) is 83.6 Å². The fourth-order valence-electron chi connectivity index (χ4n) is 4.03. The number of ether oxygens (including phenoxy) is 1. The maximum Gasteiger partial charge on any atom is 0.337 e. The summed E-state index contributed by atoms with van der Waals surface area (Å²) in [6.45, 7) is 1.13. The molecule has 2 aromatic heterocycles. The predicted molar refractivity (Wildman–Crippen MR) is 112 cm³/mol. The number of imidazole rings is 1. The van der Waals surface area contributed by atoms with E-state index in [0.29, 0.717) is 24.2 Å². The summed E-state index contributed by atoms with van der Waals surface area (Å²) in [4.78, 5) is 34.5. The Hall–Kier alpha value is -3.87. The summed E-state index contributed by atoms with van der Waals surface area (Å²) in [5, 5.41) is 0.956. The molecular formula is C23H20N4O3. The third kappa shape index (κ3) is 3.04. The van der Waals surface area contributed by atoms with Crippen molar-refractivity contribution in [2.45, 2.75) is 13.0 Å². The molecule has 0 unspecified atom stereocenters. The summed E-state index contributed by atoms with van der Waals surface area (Å²) < 4.78 is 6.72. The lowest BCUT2D eigenvalue weighted by molar-refractivity contribution is 0.0600. The minimum Gasteiger partial charge on any atom is -0.465 e. The van der Waals surface area contributed by atoms with Crippen LogP contribution in [0.3, 0.4) is 0 Å². The highest BCUT2D eigenvalue weighted by Crippen LogP contribution is 2.29. The van der Waals surface area contributed by atoms with Crippen LogP contribution in [0.2, 0.25) is 0 Å². The van der Waals surface area contributed by atoms with Gasteiger partial charge in [-0.2, -0.15) is 0 Å². The molecule has 1 aliphatic rings. The number of aromatic nitrogens is 3. The van der Waals surface area contributed by atoms with Crippen molar-refractivity contribution in [2.24, 2.45) is 0 Å². The van der Waals surface area contributed by atoms with Gasteiger partial charge in [0.1, 0.15) is 0 Å². The van der Waals surface area contributed by atoms with E-state index in [2.05, 4.69) is 9.97 Å². The van der Waals surface area contributed by atoms with E-state index in [1.54, 1.807) is 18.6 Å². The van der Waals surface area contributed by atoms with Gasteiger partial charge in [-0.25, -0.2) is 9.78 Å². The summed E-state index contributed by atoms with van der Waals surface area (Å²) in [6.07, 6.45) is 6.01. The molecule has 2 aromatic carbocycles. The lowest BCUT2D eigenvalue weighted by Crippen LogP contribution is -2.35. The molecule has 7 heteroatoms. The first-order valence-electron chi connectivity index (χ1n) is 9.73. The summed E-state index contributed by atoms with van der Waals surface area (Å²) in [6, 6.07) is 13.0.